The van der Waals surface area contributed by atoms with Crippen LogP contribution in [-0.4, -0.2) is 35.1 Å². The number of carboxylic acid groups (broad SMARTS) is 1. The van der Waals surface area contributed by atoms with Gasteiger partial charge in [-0.3, -0.25) is 0 Å². The maximum atomic E-state index is 12.0. The Balaban J connectivity index is 2.74. The molecule has 5 heteroatoms. The highest BCUT2D eigenvalue weighted by molar-refractivity contribution is 5.93. The first-order chi connectivity index (χ1) is 9.08. The molecule has 0 saturated carbocycles. The van der Waals surface area contributed by atoms with Crippen molar-refractivity contribution in [1.29, 1.82) is 0 Å². The van der Waals surface area contributed by atoms with Crippen molar-refractivity contribution in [2.75, 3.05) is 18.4 Å². The maximum Gasteiger partial charge on any atom is 0.335 e. The first kappa shape index (κ1) is 15.0. The van der Waals surface area contributed by atoms with Crippen LogP contribution in [0.15, 0.2) is 24.3 Å². The minimum Gasteiger partial charge on any atom is -0.478 e. The van der Waals surface area contributed by atoms with Gasteiger partial charge in [0.25, 0.3) is 0 Å². The van der Waals surface area contributed by atoms with E-state index in [0.29, 0.717) is 18.8 Å². The molecule has 5 nitrogen and oxygen atoms in total. The third kappa shape index (κ3) is 4.62. The van der Waals surface area contributed by atoms with Crippen molar-refractivity contribution in [1.82, 2.24) is 4.90 Å². The van der Waals surface area contributed by atoms with Gasteiger partial charge in [-0.1, -0.05) is 19.9 Å². The summed E-state index contributed by atoms with van der Waals surface area (Å²) < 4.78 is 0. The summed E-state index contributed by atoms with van der Waals surface area (Å²) in [5, 5.41) is 11.6. The summed E-state index contributed by atoms with van der Waals surface area (Å²) in [7, 11) is 0. The van der Waals surface area contributed by atoms with Gasteiger partial charge in [0.1, 0.15) is 0 Å². The Kier molecular flexibility index (Phi) is 5.85. The Bertz CT molecular complexity index is 440. The van der Waals surface area contributed by atoms with Crippen LogP contribution in [0.3, 0.4) is 0 Å². The SMILES string of the molecule is CCCN(CCC)C(=O)Nc1cccc(C(=O)O)c1. The number of nitrogens with zero attached hydrogens (tertiary/aromatic N) is 1. The van der Waals surface area contributed by atoms with Crippen LogP contribution in [0.5, 0.6) is 0 Å². The number of rotatable bonds is 6. The van der Waals surface area contributed by atoms with Crippen LogP contribution in [0.25, 0.3) is 0 Å². The molecule has 0 unspecified atom stereocenters. The van der Waals surface area contributed by atoms with E-state index >= 15 is 0 Å². The highest BCUT2D eigenvalue weighted by Gasteiger charge is 2.12. The number of anilines is 1. The van der Waals surface area contributed by atoms with Gasteiger partial charge in [0, 0.05) is 18.8 Å². The zero-order valence-corrected chi connectivity index (χ0v) is 11.3. The van der Waals surface area contributed by atoms with Crippen LogP contribution in [0.4, 0.5) is 10.5 Å². The molecule has 0 radical (unpaired) electrons. The number of benzene rings is 1. The first-order valence-electron chi connectivity index (χ1n) is 6.47. The van der Waals surface area contributed by atoms with Gasteiger partial charge in [-0.2, -0.15) is 0 Å². The number of aromatic carboxylic acids is 1. The second kappa shape index (κ2) is 7.41. The first-order valence-corrected chi connectivity index (χ1v) is 6.47. The molecule has 0 aliphatic carbocycles. The number of amides is 2. The molecule has 0 fully saturated rings. The molecular formula is C14H20N2O3. The molecule has 0 spiro atoms. The molecule has 0 bridgehead atoms. The van der Waals surface area contributed by atoms with Gasteiger partial charge in [0.2, 0.25) is 0 Å². The number of carbonyl (C=O) groups is 2. The van der Waals surface area contributed by atoms with Crippen molar-refractivity contribution in [3.8, 4) is 0 Å². The summed E-state index contributed by atoms with van der Waals surface area (Å²) in [6.07, 6.45) is 1.78. The summed E-state index contributed by atoms with van der Waals surface area (Å²) in [6, 6.07) is 6.05. The fraction of sp³-hybridized carbons (Fsp3) is 0.429. The Morgan fingerprint density at radius 2 is 1.84 bits per heavy atom. The molecule has 19 heavy (non-hydrogen) atoms. The number of carboxylic acids is 1. The summed E-state index contributed by atoms with van der Waals surface area (Å²) in [6.45, 7) is 5.42. The number of hydrogen-bond acceptors (Lipinski definition) is 2. The van der Waals surface area contributed by atoms with Gasteiger partial charge < -0.3 is 15.3 Å². The van der Waals surface area contributed by atoms with Crippen molar-refractivity contribution in [3.05, 3.63) is 29.8 Å². The van der Waals surface area contributed by atoms with E-state index in [4.69, 9.17) is 5.11 Å². The van der Waals surface area contributed by atoms with E-state index in [9.17, 15) is 9.59 Å². The molecule has 104 valence electrons. The predicted octanol–water partition coefficient (Wildman–Crippen LogP) is 3.04. The minimum atomic E-state index is -1.00. The lowest BCUT2D eigenvalue weighted by Gasteiger charge is -2.21. The van der Waals surface area contributed by atoms with Crippen molar-refractivity contribution in [2.24, 2.45) is 0 Å². The van der Waals surface area contributed by atoms with Crippen molar-refractivity contribution in [2.45, 2.75) is 26.7 Å². The van der Waals surface area contributed by atoms with Crippen LogP contribution < -0.4 is 5.32 Å². The van der Waals surface area contributed by atoms with Gasteiger partial charge in [-0.25, -0.2) is 9.59 Å². The van der Waals surface area contributed by atoms with Crippen molar-refractivity contribution < 1.29 is 14.7 Å². The molecular weight excluding hydrogens is 244 g/mol. The smallest absolute Gasteiger partial charge is 0.335 e. The van der Waals surface area contributed by atoms with Gasteiger partial charge in [0.05, 0.1) is 5.56 Å². The Morgan fingerprint density at radius 3 is 2.37 bits per heavy atom. The van der Waals surface area contributed by atoms with E-state index in [-0.39, 0.29) is 11.6 Å². The summed E-state index contributed by atoms with van der Waals surface area (Å²) in [4.78, 5) is 24.6. The van der Waals surface area contributed by atoms with Crippen LogP contribution in [0.1, 0.15) is 37.0 Å². The van der Waals surface area contributed by atoms with Crippen LogP contribution in [0, 0.1) is 0 Å². The molecule has 0 aliphatic rings. The lowest BCUT2D eigenvalue weighted by Crippen LogP contribution is -2.36. The standard InChI is InChI=1S/C14H20N2O3/c1-3-8-16(9-4-2)14(19)15-12-7-5-6-11(10-12)13(17)18/h5-7,10H,3-4,8-9H2,1-2H3,(H,15,19)(H,17,18). The minimum absolute atomic E-state index is 0.162. The topological polar surface area (TPSA) is 69.6 Å². The van der Waals surface area contributed by atoms with Crippen LogP contribution >= 0.6 is 0 Å². The summed E-state index contributed by atoms with van der Waals surface area (Å²) in [5.74, 6) is -1.00. The molecule has 1 aromatic rings. The van der Waals surface area contributed by atoms with E-state index in [1.54, 1.807) is 17.0 Å². The third-order valence-corrected chi connectivity index (χ3v) is 2.64. The van der Waals surface area contributed by atoms with Gasteiger partial charge in [-0.15, -0.1) is 0 Å². The second-order valence-electron chi connectivity index (χ2n) is 4.30. The van der Waals surface area contributed by atoms with E-state index in [0.717, 1.165) is 12.8 Å². The predicted molar refractivity (Wildman–Crippen MR) is 74.6 cm³/mol. The van der Waals surface area contributed by atoms with Crippen molar-refractivity contribution >= 4 is 17.7 Å². The maximum absolute atomic E-state index is 12.0. The zero-order chi connectivity index (χ0) is 14.3. The fourth-order valence-corrected chi connectivity index (χ4v) is 1.79. The lowest BCUT2D eigenvalue weighted by molar-refractivity contribution is 0.0697. The molecule has 0 aromatic heterocycles. The van der Waals surface area contributed by atoms with E-state index < -0.39 is 5.97 Å². The second-order valence-corrected chi connectivity index (χ2v) is 4.30. The Hall–Kier alpha value is -2.04. The van der Waals surface area contributed by atoms with E-state index in [2.05, 4.69) is 5.32 Å². The molecule has 0 aliphatic heterocycles. The molecule has 0 heterocycles. The highest BCUT2D eigenvalue weighted by Crippen LogP contribution is 2.11. The number of nitrogens with one attached hydrogen (secondary N) is 1. The average Bonchev–Trinajstić information content (AvgIpc) is 2.38. The number of hydrogen-bond donors (Lipinski definition) is 2. The summed E-state index contributed by atoms with van der Waals surface area (Å²) in [5.41, 5.74) is 0.664. The average molecular weight is 264 g/mol. The molecule has 0 saturated heterocycles. The molecule has 0 atom stereocenters. The monoisotopic (exact) mass is 264 g/mol. The Morgan fingerprint density at radius 1 is 1.21 bits per heavy atom. The molecule has 2 N–H and O–H groups in total. The lowest BCUT2D eigenvalue weighted by atomic mass is 10.2. The van der Waals surface area contributed by atoms with Gasteiger partial charge in [-0.05, 0) is 31.0 Å². The third-order valence-electron chi connectivity index (χ3n) is 2.64. The zero-order valence-electron chi connectivity index (χ0n) is 11.3. The molecule has 2 amide bonds. The van der Waals surface area contributed by atoms with Crippen molar-refractivity contribution in [3.63, 3.8) is 0 Å². The van der Waals surface area contributed by atoms with Crippen LogP contribution in [-0.2, 0) is 0 Å². The highest BCUT2D eigenvalue weighted by atomic mass is 16.4. The Labute approximate surface area is 113 Å². The largest absolute Gasteiger partial charge is 0.478 e. The fourth-order valence-electron chi connectivity index (χ4n) is 1.79. The van der Waals surface area contributed by atoms with Gasteiger partial charge >= 0.3 is 12.0 Å². The molecule has 1 rings (SSSR count). The quantitative estimate of drug-likeness (QED) is 0.829. The van der Waals surface area contributed by atoms with E-state index in [1.807, 2.05) is 13.8 Å². The number of urea groups is 1. The normalized spacial score (nSPS) is 10.0. The number of carbonyl (C=O) groups excluding carboxylic acids is 1. The summed E-state index contributed by atoms with van der Waals surface area (Å²) >= 11 is 0. The van der Waals surface area contributed by atoms with E-state index in [1.165, 1.54) is 12.1 Å². The van der Waals surface area contributed by atoms with Gasteiger partial charge in [0.15, 0.2) is 0 Å². The van der Waals surface area contributed by atoms with Crippen LogP contribution in [0.2, 0.25) is 0 Å². The molecule has 1 aromatic carbocycles.